The van der Waals surface area contributed by atoms with E-state index in [0.29, 0.717) is 0 Å². The topological polar surface area (TPSA) is 49.3 Å². The first-order valence-electron chi connectivity index (χ1n) is 5.12. The molecule has 3 heteroatoms. The van der Waals surface area contributed by atoms with Gasteiger partial charge in [-0.2, -0.15) is 0 Å². The molecule has 0 aromatic rings. The van der Waals surface area contributed by atoms with Crippen LogP contribution in [0.1, 0.15) is 33.1 Å². The SMILES string of the molecule is C=C(C)CNCCCCC(C)C(=O)O. The number of hydrogen-bond donors (Lipinski definition) is 2. The normalized spacial score (nSPS) is 12.4. The lowest BCUT2D eigenvalue weighted by Crippen LogP contribution is -2.17. The highest BCUT2D eigenvalue weighted by molar-refractivity contribution is 5.69. The molecule has 0 amide bonds. The van der Waals surface area contributed by atoms with E-state index in [0.717, 1.165) is 37.9 Å². The highest BCUT2D eigenvalue weighted by atomic mass is 16.4. The van der Waals surface area contributed by atoms with Gasteiger partial charge >= 0.3 is 5.97 Å². The van der Waals surface area contributed by atoms with E-state index in [1.54, 1.807) is 6.92 Å². The molecule has 82 valence electrons. The molecule has 2 N–H and O–H groups in total. The van der Waals surface area contributed by atoms with Gasteiger partial charge < -0.3 is 10.4 Å². The molecule has 0 fully saturated rings. The van der Waals surface area contributed by atoms with Gasteiger partial charge in [0.2, 0.25) is 0 Å². The van der Waals surface area contributed by atoms with Crippen molar-refractivity contribution in [1.82, 2.24) is 5.32 Å². The van der Waals surface area contributed by atoms with Crippen molar-refractivity contribution < 1.29 is 9.90 Å². The molecule has 3 nitrogen and oxygen atoms in total. The molecule has 0 heterocycles. The van der Waals surface area contributed by atoms with Gasteiger partial charge in [-0.1, -0.05) is 25.5 Å². The van der Waals surface area contributed by atoms with Crippen LogP contribution in [0, 0.1) is 5.92 Å². The fourth-order valence-corrected chi connectivity index (χ4v) is 1.13. The van der Waals surface area contributed by atoms with Crippen LogP contribution in [0.5, 0.6) is 0 Å². The molecule has 0 aromatic heterocycles. The van der Waals surface area contributed by atoms with E-state index in [1.165, 1.54) is 0 Å². The number of hydrogen-bond acceptors (Lipinski definition) is 2. The Morgan fingerprint density at radius 1 is 1.50 bits per heavy atom. The number of rotatable bonds is 8. The molecule has 0 rings (SSSR count). The molecule has 0 saturated heterocycles. The Kier molecular flexibility index (Phi) is 7.11. The third kappa shape index (κ3) is 7.80. The molecule has 1 atom stereocenters. The smallest absolute Gasteiger partial charge is 0.306 e. The van der Waals surface area contributed by atoms with Gasteiger partial charge in [-0.3, -0.25) is 4.79 Å². The molecule has 0 aliphatic carbocycles. The molecule has 0 aromatic carbocycles. The minimum Gasteiger partial charge on any atom is -0.481 e. The first-order valence-corrected chi connectivity index (χ1v) is 5.12. The Morgan fingerprint density at radius 3 is 2.64 bits per heavy atom. The van der Waals surface area contributed by atoms with E-state index >= 15 is 0 Å². The summed E-state index contributed by atoms with van der Waals surface area (Å²) >= 11 is 0. The Morgan fingerprint density at radius 2 is 2.14 bits per heavy atom. The van der Waals surface area contributed by atoms with E-state index < -0.39 is 5.97 Å². The van der Waals surface area contributed by atoms with Crippen LogP contribution in [-0.4, -0.2) is 24.2 Å². The van der Waals surface area contributed by atoms with Crippen molar-refractivity contribution in [3.8, 4) is 0 Å². The van der Waals surface area contributed by atoms with Crippen LogP contribution in [0.25, 0.3) is 0 Å². The molecular weight excluding hydrogens is 178 g/mol. The maximum absolute atomic E-state index is 10.5. The number of carboxylic acid groups (broad SMARTS) is 1. The molecule has 0 spiro atoms. The molecule has 0 saturated carbocycles. The van der Waals surface area contributed by atoms with Crippen molar-refractivity contribution in [3.63, 3.8) is 0 Å². The zero-order chi connectivity index (χ0) is 11.0. The van der Waals surface area contributed by atoms with Crippen molar-refractivity contribution in [2.75, 3.05) is 13.1 Å². The standard InChI is InChI=1S/C11H21NO2/c1-9(2)8-12-7-5-4-6-10(3)11(13)14/h10,12H,1,4-8H2,2-3H3,(H,13,14). The Balaban J connectivity index is 3.21. The summed E-state index contributed by atoms with van der Waals surface area (Å²) in [6.45, 7) is 9.32. The van der Waals surface area contributed by atoms with Crippen LogP contribution in [0.2, 0.25) is 0 Å². The Bertz CT molecular complexity index is 190. The second-order valence-corrected chi connectivity index (χ2v) is 3.87. The maximum Gasteiger partial charge on any atom is 0.306 e. The number of unbranched alkanes of at least 4 members (excludes halogenated alkanes) is 1. The molecule has 0 bridgehead atoms. The summed E-state index contributed by atoms with van der Waals surface area (Å²) in [5, 5.41) is 11.9. The molecule has 14 heavy (non-hydrogen) atoms. The van der Waals surface area contributed by atoms with Crippen LogP contribution in [-0.2, 0) is 4.79 Å². The minimum atomic E-state index is -0.695. The van der Waals surface area contributed by atoms with Gasteiger partial charge in [0.05, 0.1) is 5.92 Å². The van der Waals surface area contributed by atoms with E-state index in [1.807, 2.05) is 6.92 Å². The number of nitrogens with one attached hydrogen (secondary N) is 1. The third-order valence-corrected chi connectivity index (χ3v) is 2.09. The lowest BCUT2D eigenvalue weighted by atomic mass is 10.0. The van der Waals surface area contributed by atoms with Gasteiger partial charge in [0.1, 0.15) is 0 Å². The summed E-state index contributed by atoms with van der Waals surface area (Å²) < 4.78 is 0. The lowest BCUT2D eigenvalue weighted by Gasteiger charge is -2.06. The second kappa shape index (κ2) is 7.56. The molecular formula is C11H21NO2. The van der Waals surface area contributed by atoms with E-state index in [4.69, 9.17) is 5.11 Å². The zero-order valence-electron chi connectivity index (χ0n) is 9.18. The van der Waals surface area contributed by atoms with Crippen molar-refractivity contribution in [2.24, 2.45) is 5.92 Å². The van der Waals surface area contributed by atoms with Crippen LogP contribution < -0.4 is 5.32 Å². The van der Waals surface area contributed by atoms with Gasteiger partial charge in [0.15, 0.2) is 0 Å². The Labute approximate surface area is 86.2 Å². The van der Waals surface area contributed by atoms with Gasteiger partial charge in [-0.15, -0.1) is 0 Å². The lowest BCUT2D eigenvalue weighted by molar-refractivity contribution is -0.141. The van der Waals surface area contributed by atoms with Crippen molar-refractivity contribution >= 4 is 5.97 Å². The van der Waals surface area contributed by atoms with Crippen LogP contribution >= 0.6 is 0 Å². The van der Waals surface area contributed by atoms with E-state index in [-0.39, 0.29) is 5.92 Å². The summed E-state index contributed by atoms with van der Waals surface area (Å²) in [7, 11) is 0. The predicted molar refractivity (Wildman–Crippen MR) is 58.3 cm³/mol. The molecule has 1 unspecified atom stereocenters. The van der Waals surface area contributed by atoms with Gasteiger partial charge in [0, 0.05) is 6.54 Å². The molecule has 0 aliphatic rings. The van der Waals surface area contributed by atoms with Crippen molar-refractivity contribution in [3.05, 3.63) is 12.2 Å². The van der Waals surface area contributed by atoms with E-state index in [2.05, 4.69) is 11.9 Å². The number of aliphatic carboxylic acids is 1. The van der Waals surface area contributed by atoms with Gasteiger partial charge in [-0.25, -0.2) is 0 Å². The summed E-state index contributed by atoms with van der Waals surface area (Å²) in [5.74, 6) is -0.906. The van der Waals surface area contributed by atoms with Crippen LogP contribution in [0.4, 0.5) is 0 Å². The summed E-state index contributed by atoms with van der Waals surface area (Å²) in [4.78, 5) is 10.5. The highest BCUT2D eigenvalue weighted by Crippen LogP contribution is 2.06. The van der Waals surface area contributed by atoms with Crippen molar-refractivity contribution in [1.29, 1.82) is 0 Å². The maximum atomic E-state index is 10.5. The fourth-order valence-electron chi connectivity index (χ4n) is 1.13. The average molecular weight is 199 g/mol. The first kappa shape index (κ1) is 13.2. The summed E-state index contributed by atoms with van der Waals surface area (Å²) in [5.41, 5.74) is 1.13. The van der Waals surface area contributed by atoms with E-state index in [9.17, 15) is 4.79 Å². The predicted octanol–water partition coefficient (Wildman–Crippen LogP) is 2.04. The summed E-state index contributed by atoms with van der Waals surface area (Å²) in [6, 6.07) is 0. The summed E-state index contributed by atoms with van der Waals surface area (Å²) in [6.07, 6.45) is 2.77. The fraction of sp³-hybridized carbons (Fsp3) is 0.727. The first-order chi connectivity index (χ1) is 6.54. The Hall–Kier alpha value is -0.830. The quantitative estimate of drug-likeness (QED) is 0.464. The van der Waals surface area contributed by atoms with Gasteiger partial charge in [-0.05, 0) is 26.3 Å². The number of carboxylic acids is 1. The third-order valence-electron chi connectivity index (χ3n) is 2.09. The number of carbonyl (C=O) groups is 1. The average Bonchev–Trinajstić information content (AvgIpc) is 2.09. The van der Waals surface area contributed by atoms with Crippen LogP contribution in [0.3, 0.4) is 0 Å². The highest BCUT2D eigenvalue weighted by Gasteiger charge is 2.09. The molecule has 0 aliphatic heterocycles. The van der Waals surface area contributed by atoms with Crippen molar-refractivity contribution in [2.45, 2.75) is 33.1 Å². The monoisotopic (exact) mass is 199 g/mol. The zero-order valence-corrected chi connectivity index (χ0v) is 9.18. The molecule has 0 radical (unpaired) electrons. The van der Waals surface area contributed by atoms with Gasteiger partial charge in [0.25, 0.3) is 0 Å². The minimum absolute atomic E-state index is 0.212. The largest absolute Gasteiger partial charge is 0.481 e. The van der Waals surface area contributed by atoms with Crippen LogP contribution in [0.15, 0.2) is 12.2 Å². The second-order valence-electron chi connectivity index (χ2n) is 3.87.